The number of carboxylic acid groups (broad SMARTS) is 1. The van der Waals surface area contributed by atoms with Crippen molar-refractivity contribution in [2.24, 2.45) is 5.92 Å². The van der Waals surface area contributed by atoms with E-state index in [1.165, 1.54) is 0 Å². The first-order valence-corrected chi connectivity index (χ1v) is 8.05. The number of benzene rings is 1. The fraction of sp³-hybridized carbons (Fsp3) is 0.444. The van der Waals surface area contributed by atoms with Crippen LogP contribution in [-0.2, 0) is 4.79 Å². The molecule has 0 aromatic heterocycles. The van der Waals surface area contributed by atoms with Crippen LogP contribution >= 0.6 is 0 Å². The Morgan fingerprint density at radius 3 is 2.61 bits per heavy atom. The molecule has 2 bridgehead atoms. The largest absolute Gasteiger partial charge is 0.465 e. The van der Waals surface area contributed by atoms with Crippen molar-refractivity contribution in [3.63, 3.8) is 0 Å². The van der Waals surface area contributed by atoms with Gasteiger partial charge in [0.05, 0.1) is 11.6 Å². The molecule has 0 radical (unpaired) electrons. The molecule has 3 fully saturated rings. The third kappa shape index (κ3) is 2.60. The summed E-state index contributed by atoms with van der Waals surface area (Å²) in [4.78, 5) is 26.0. The molecule has 2 heterocycles. The summed E-state index contributed by atoms with van der Waals surface area (Å²) in [7, 11) is 0. The Bertz CT molecular complexity index is 606. The Morgan fingerprint density at radius 1 is 1.39 bits per heavy atom. The normalized spacial score (nSPS) is 27.6. The Hall–Kier alpha value is -2.30. The molecule has 5 heteroatoms. The first-order chi connectivity index (χ1) is 11.1. The van der Waals surface area contributed by atoms with Gasteiger partial charge in [-0.3, -0.25) is 4.79 Å². The van der Waals surface area contributed by atoms with E-state index in [0.717, 1.165) is 31.2 Å². The average Bonchev–Trinajstić information content (AvgIpc) is 2.57. The number of hydrogen-bond acceptors (Lipinski definition) is 2. The lowest BCUT2D eigenvalue weighted by molar-refractivity contribution is -0.158. The monoisotopic (exact) mass is 314 g/mol. The van der Waals surface area contributed by atoms with Crippen LogP contribution in [0.15, 0.2) is 43.0 Å². The summed E-state index contributed by atoms with van der Waals surface area (Å²) in [5.41, 5.74) is 0.400. The maximum Gasteiger partial charge on any atom is 0.405 e. The summed E-state index contributed by atoms with van der Waals surface area (Å²) < 4.78 is 0. The molecule has 1 aromatic carbocycles. The second-order valence-electron chi connectivity index (χ2n) is 6.41. The first-order valence-electron chi connectivity index (χ1n) is 8.05. The van der Waals surface area contributed by atoms with Gasteiger partial charge < -0.3 is 15.3 Å². The lowest BCUT2D eigenvalue weighted by Gasteiger charge is -2.57. The summed E-state index contributed by atoms with van der Waals surface area (Å²) in [5, 5.41) is 12.0. The Kier molecular flexibility index (Phi) is 4.11. The molecule has 5 nitrogen and oxygen atoms in total. The molecular formula is C18H22N2O3. The Labute approximate surface area is 136 Å². The standard InChI is InChI=1S/C18H22N2O3/c1-2-12-20-16(21)14-8-10-18(20,11-9-14)15(19-17(22)23)13-6-4-3-5-7-13/h2-7,14-15,19H,1,8-12H2,(H,22,23). The molecule has 1 saturated carbocycles. The van der Waals surface area contributed by atoms with E-state index < -0.39 is 17.7 Å². The highest BCUT2D eigenvalue weighted by atomic mass is 16.4. The maximum absolute atomic E-state index is 12.7. The fourth-order valence-corrected chi connectivity index (χ4v) is 4.22. The Morgan fingerprint density at radius 2 is 2.04 bits per heavy atom. The van der Waals surface area contributed by atoms with Gasteiger partial charge in [-0.15, -0.1) is 6.58 Å². The minimum atomic E-state index is -1.06. The number of nitrogens with zero attached hydrogens (tertiary/aromatic N) is 1. The lowest BCUT2D eigenvalue weighted by Crippen LogP contribution is -2.66. The third-order valence-corrected chi connectivity index (χ3v) is 5.25. The molecule has 2 saturated heterocycles. The van der Waals surface area contributed by atoms with Gasteiger partial charge in [0.2, 0.25) is 5.91 Å². The molecule has 1 aliphatic carbocycles. The SMILES string of the molecule is C=CCN1C(=O)C2CCC1(C(NC(=O)O)c1ccccc1)CC2. The predicted octanol–water partition coefficient (Wildman–Crippen LogP) is 2.95. The smallest absolute Gasteiger partial charge is 0.405 e. The van der Waals surface area contributed by atoms with Crippen LogP contribution < -0.4 is 5.32 Å². The van der Waals surface area contributed by atoms with Gasteiger partial charge in [-0.2, -0.15) is 0 Å². The molecule has 2 N–H and O–H groups in total. The molecule has 23 heavy (non-hydrogen) atoms. The zero-order valence-corrected chi connectivity index (χ0v) is 13.1. The van der Waals surface area contributed by atoms with Crippen LogP contribution in [0.2, 0.25) is 0 Å². The van der Waals surface area contributed by atoms with Crippen LogP contribution in [0.25, 0.3) is 0 Å². The van der Waals surface area contributed by atoms with E-state index in [1.54, 1.807) is 6.08 Å². The first kappa shape index (κ1) is 15.6. The van der Waals surface area contributed by atoms with E-state index in [-0.39, 0.29) is 11.8 Å². The molecule has 1 unspecified atom stereocenters. The number of hydrogen-bond donors (Lipinski definition) is 2. The van der Waals surface area contributed by atoms with Crippen molar-refractivity contribution in [2.75, 3.05) is 6.54 Å². The van der Waals surface area contributed by atoms with Crippen molar-refractivity contribution in [1.29, 1.82) is 0 Å². The van der Waals surface area contributed by atoms with Gasteiger partial charge in [-0.05, 0) is 31.2 Å². The lowest BCUT2D eigenvalue weighted by atomic mass is 9.65. The van der Waals surface area contributed by atoms with Crippen LogP contribution in [-0.4, -0.2) is 34.1 Å². The number of amides is 2. The van der Waals surface area contributed by atoms with Crippen LogP contribution in [0.3, 0.4) is 0 Å². The quantitative estimate of drug-likeness (QED) is 0.821. The number of nitrogens with one attached hydrogen (secondary N) is 1. The number of piperidine rings is 2. The number of rotatable bonds is 5. The zero-order valence-electron chi connectivity index (χ0n) is 13.1. The maximum atomic E-state index is 12.7. The van der Waals surface area contributed by atoms with E-state index in [4.69, 9.17) is 0 Å². The van der Waals surface area contributed by atoms with Crippen LogP contribution in [0, 0.1) is 5.92 Å². The molecular weight excluding hydrogens is 292 g/mol. The molecule has 1 aromatic rings. The second-order valence-corrected chi connectivity index (χ2v) is 6.41. The summed E-state index contributed by atoms with van der Waals surface area (Å²) in [6.07, 6.45) is 3.96. The fourth-order valence-electron chi connectivity index (χ4n) is 4.22. The van der Waals surface area contributed by atoms with Gasteiger partial charge in [0, 0.05) is 12.5 Å². The van der Waals surface area contributed by atoms with E-state index in [2.05, 4.69) is 11.9 Å². The summed E-state index contributed by atoms with van der Waals surface area (Å²) >= 11 is 0. The van der Waals surface area contributed by atoms with Crippen molar-refractivity contribution in [3.8, 4) is 0 Å². The van der Waals surface area contributed by atoms with E-state index in [9.17, 15) is 14.7 Å². The van der Waals surface area contributed by atoms with Crippen LogP contribution in [0.5, 0.6) is 0 Å². The summed E-state index contributed by atoms with van der Waals surface area (Å²) in [5.74, 6) is 0.216. The van der Waals surface area contributed by atoms with Crippen molar-refractivity contribution in [2.45, 2.75) is 37.3 Å². The number of carbonyl (C=O) groups excluding carboxylic acids is 1. The van der Waals surface area contributed by atoms with E-state index >= 15 is 0 Å². The van der Waals surface area contributed by atoms with Gasteiger partial charge in [-0.25, -0.2) is 4.79 Å². The molecule has 3 aliphatic rings. The van der Waals surface area contributed by atoms with E-state index in [0.29, 0.717) is 6.54 Å². The zero-order chi connectivity index (χ0) is 16.4. The Balaban J connectivity index is 2.05. The van der Waals surface area contributed by atoms with Crippen molar-refractivity contribution >= 4 is 12.0 Å². The molecule has 1 atom stereocenters. The van der Waals surface area contributed by atoms with Gasteiger partial charge in [0.25, 0.3) is 0 Å². The van der Waals surface area contributed by atoms with Crippen molar-refractivity contribution in [3.05, 3.63) is 48.6 Å². The topological polar surface area (TPSA) is 69.6 Å². The van der Waals surface area contributed by atoms with Gasteiger partial charge in [-0.1, -0.05) is 36.4 Å². The molecule has 122 valence electrons. The van der Waals surface area contributed by atoms with Crippen LogP contribution in [0.1, 0.15) is 37.3 Å². The highest BCUT2D eigenvalue weighted by Crippen LogP contribution is 2.50. The highest BCUT2D eigenvalue weighted by molar-refractivity contribution is 5.82. The van der Waals surface area contributed by atoms with Gasteiger partial charge in [0.1, 0.15) is 0 Å². The summed E-state index contributed by atoms with van der Waals surface area (Å²) in [6, 6.07) is 9.13. The molecule has 2 aliphatic heterocycles. The van der Waals surface area contributed by atoms with Gasteiger partial charge >= 0.3 is 6.09 Å². The predicted molar refractivity (Wildman–Crippen MR) is 86.9 cm³/mol. The van der Waals surface area contributed by atoms with E-state index in [1.807, 2.05) is 35.2 Å². The van der Waals surface area contributed by atoms with Crippen molar-refractivity contribution < 1.29 is 14.7 Å². The third-order valence-electron chi connectivity index (χ3n) is 5.25. The number of carbonyl (C=O) groups is 2. The minimum absolute atomic E-state index is 0.0816. The minimum Gasteiger partial charge on any atom is -0.465 e. The van der Waals surface area contributed by atoms with Crippen molar-refractivity contribution in [1.82, 2.24) is 10.2 Å². The highest BCUT2D eigenvalue weighted by Gasteiger charge is 2.55. The van der Waals surface area contributed by atoms with Crippen LogP contribution in [0.4, 0.5) is 4.79 Å². The average molecular weight is 314 g/mol. The second kappa shape index (κ2) is 6.07. The number of fused-ring (bicyclic) bond motifs is 3. The molecule has 0 spiro atoms. The summed E-state index contributed by atoms with van der Waals surface area (Å²) in [6.45, 7) is 4.22. The molecule has 2 amide bonds. The molecule has 4 rings (SSSR count). The van der Waals surface area contributed by atoms with Gasteiger partial charge in [0.15, 0.2) is 0 Å².